The van der Waals surface area contributed by atoms with Crippen LogP contribution in [0, 0.1) is 0 Å². The van der Waals surface area contributed by atoms with Gasteiger partial charge < -0.3 is 10.1 Å². The van der Waals surface area contributed by atoms with Crippen LogP contribution < -0.4 is 10.1 Å². The van der Waals surface area contributed by atoms with Gasteiger partial charge in [0.2, 0.25) is 0 Å². The molecule has 0 unspecified atom stereocenters. The van der Waals surface area contributed by atoms with Crippen LogP contribution in [-0.2, 0) is 13.2 Å². The number of halogens is 3. The predicted molar refractivity (Wildman–Crippen MR) is 93.1 cm³/mol. The molecule has 0 saturated heterocycles. The Hall–Kier alpha value is -0.360. The predicted octanol–water partition coefficient (Wildman–Crippen LogP) is 5.27. The molecular weight excluding hydrogens is 450 g/mol. The van der Waals surface area contributed by atoms with Crippen molar-refractivity contribution < 1.29 is 4.74 Å². The van der Waals surface area contributed by atoms with E-state index in [1.165, 1.54) is 5.56 Å². The number of nitrogens with one attached hydrogen (secondary N) is 1. The minimum absolute atomic E-state index is 0.528. The highest BCUT2D eigenvalue weighted by atomic mass is 79.9. The van der Waals surface area contributed by atoms with E-state index < -0.39 is 0 Å². The lowest BCUT2D eigenvalue weighted by Crippen LogP contribution is -2.05. The lowest BCUT2D eigenvalue weighted by molar-refractivity contribution is 0.303. The standard InChI is InChI=1S/C15H14Br3NO/c1-19-8-10-2-3-11(13(17)6-10)9-20-15-5-4-12(16)7-14(15)18/h2-7,19H,8-9H2,1H3. The van der Waals surface area contributed by atoms with Crippen LogP contribution in [0.15, 0.2) is 49.8 Å². The van der Waals surface area contributed by atoms with Gasteiger partial charge in [-0.3, -0.25) is 0 Å². The molecule has 0 aliphatic carbocycles. The second kappa shape index (κ2) is 7.59. The number of benzene rings is 2. The van der Waals surface area contributed by atoms with E-state index in [2.05, 4.69) is 71.3 Å². The molecule has 20 heavy (non-hydrogen) atoms. The molecule has 2 aromatic carbocycles. The average molecular weight is 464 g/mol. The Kier molecular flexibility index (Phi) is 6.08. The van der Waals surface area contributed by atoms with Crippen molar-refractivity contribution in [3.05, 3.63) is 60.9 Å². The SMILES string of the molecule is CNCc1ccc(COc2ccc(Br)cc2Br)c(Br)c1. The fourth-order valence-corrected chi connectivity index (χ4v) is 3.47. The summed E-state index contributed by atoms with van der Waals surface area (Å²) in [6.07, 6.45) is 0. The zero-order valence-corrected chi connectivity index (χ0v) is 15.7. The maximum Gasteiger partial charge on any atom is 0.134 e. The first-order valence-corrected chi connectivity index (χ1v) is 8.48. The van der Waals surface area contributed by atoms with E-state index in [1.54, 1.807) is 0 Å². The molecule has 0 heterocycles. The van der Waals surface area contributed by atoms with Crippen molar-refractivity contribution in [1.29, 1.82) is 0 Å². The smallest absolute Gasteiger partial charge is 0.134 e. The van der Waals surface area contributed by atoms with Crippen molar-refractivity contribution >= 4 is 47.8 Å². The molecule has 1 N–H and O–H groups in total. The summed E-state index contributed by atoms with van der Waals surface area (Å²) in [4.78, 5) is 0. The van der Waals surface area contributed by atoms with E-state index in [9.17, 15) is 0 Å². The van der Waals surface area contributed by atoms with Gasteiger partial charge in [-0.1, -0.05) is 44.0 Å². The summed E-state index contributed by atoms with van der Waals surface area (Å²) in [5.74, 6) is 0.833. The van der Waals surface area contributed by atoms with Crippen molar-refractivity contribution in [3.8, 4) is 5.75 Å². The van der Waals surface area contributed by atoms with Crippen LogP contribution in [0.1, 0.15) is 11.1 Å². The van der Waals surface area contributed by atoms with Crippen molar-refractivity contribution in [1.82, 2.24) is 5.32 Å². The Bertz CT molecular complexity index is 602. The van der Waals surface area contributed by atoms with E-state index in [4.69, 9.17) is 4.74 Å². The van der Waals surface area contributed by atoms with Gasteiger partial charge in [-0.05, 0) is 52.8 Å². The van der Waals surface area contributed by atoms with Gasteiger partial charge in [0, 0.05) is 21.1 Å². The van der Waals surface area contributed by atoms with Crippen LogP contribution >= 0.6 is 47.8 Å². The van der Waals surface area contributed by atoms with Gasteiger partial charge in [0.15, 0.2) is 0 Å². The summed E-state index contributed by atoms with van der Waals surface area (Å²) in [7, 11) is 1.94. The van der Waals surface area contributed by atoms with Crippen LogP contribution in [0.5, 0.6) is 5.75 Å². The first kappa shape index (κ1) is 16.0. The summed E-state index contributed by atoms with van der Waals surface area (Å²) < 4.78 is 8.88. The van der Waals surface area contributed by atoms with Crippen molar-refractivity contribution in [2.45, 2.75) is 13.2 Å². The Morgan fingerprint density at radius 3 is 2.45 bits per heavy atom. The quantitative estimate of drug-likeness (QED) is 0.652. The molecule has 106 valence electrons. The Morgan fingerprint density at radius 2 is 1.80 bits per heavy atom. The van der Waals surface area contributed by atoms with Gasteiger partial charge in [-0.25, -0.2) is 0 Å². The number of hydrogen-bond donors (Lipinski definition) is 1. The second-order valence-corrected chi connectivity index (χ2v) is 6.94. The minimum atomic E-state index is 0.528. The molecule has 0 fully saturated rings. The molecule has 0 amide bonds. The maximum atomic E-state index is 5.85. The van der Waals surface area contributed by atoms with Crippen molar-refractivity contribution in [3.63, 3.8) is 0 Å². The molecule has 0 spiro atoms. The molecule has 0 atom stereocenters. The fourth-order valence-electron chi connectivity index (χ4n) is 1.77. The maximum absolute atomic E-state index is 5.85. The highest BCUT2D eigenvalue weighted by Crippen LogP contribution is 2.29. The molecule has 2 nitrogen and oxygen atoms in total. The van der Waals surface area contributed by atoms with Crippen LogP contribution in [0.4, 0.5) is 0 Å². The molecule has 0 aliphatic rings. The second-order valence-electron chi connectivity index (χ2n) is 4.32. The number of ether oxygens (including phenoxy) is 1. The third-order valence-electron chi connectivity index (χ3n) is 2.78. The van der Waals surface area contributed by atoms with E-state index in [0.717, 1.165) is 31.3 Å². The van der Waals surface area contributed by atoms with Gasteiger partial charge >= 0.3 is 0 Å². The van der Waals surface area contributed by atoms with E-state index in [0.29, 0.717) is 6.61 Å². The lowest BCUT2D eigenvalue weighted by atomic mass is 10.1. The molecule has 0 bridgehead atoms. The first-order valence-electron chi connectivity index (χ1n) is 6.10. The van der Waals surface area contributed by atoms with Gasteiger partial charge in [0.1, 0.15) is 12.4 Å². The highest BCUT2D eigenvalue weighted by molar-refractivity contribution is 9.11. The van der Waals surface area contributed by atoms with Gasteiger partial charge in [-0.15, -0.1) is 0 Å². The third kappa shape index (κ3) is 4.32. The molecule has 5 heteroatoms. The summed E-state index contributed by atoms with van der Waals surface area (Å²) in [6, 6.07) is 12.2. The molecule has 0 radical (unpaired) electrons. The molecule has 0 aliphatic heterocycles. The summed E-state index contributed by atoms with van der Waals surface area (Å²) in [5, 5.41) is 3.14. The largest absolute Gasteiger partial charge is 0.488 e. The van der Waals surface area contributed by atoms with Crippen LogP contribution in [0.2, 0.25) is 0 Å². The summed E-state index contributed by atoms with van der Waals surface area (Å²) in [6.45, 7) is 1.39. The summed E-state index contributed by atoms with van der Waals surface area (Å²) in [5.41, 5.74) is 2.37. The van der Waals surface area contributed by atoms with Crippen molar-refractivity contribution in [2.75, 3.05) is 7.05 Å². The van der Waals surface area contributed by atoms with E-state index >= 15 is 0 Å². The molecule has 0 saturated carbocycles. The van der Waals surface area contributed by atoms with Crippen LogP contribution in [-0.4, -0.2) is 7.05 Å². The first-order chi connectivity index (χ1) is 9.60. The molecular formula is C15H14Br3NO. The van der Waals surface area contributed by atoms with E-state index in [-0.39, 0.29) is 0 Å². The van der Waals surface area contributed by atoms with E-state index in [1.807, 2.05) is 25.2 Å². The molecule has 0 aromatic heterocycles. The summed E-state index contributed by atoms with van der Waals surface area (Å²) >= 11 is 10.5. The third-order valence-corrected chi connectivity index (χ3v) is 4.63. The fraction of sp³-hybridized carbons (Fsp3) is 0.200. The zero-order chi connectivity index (χ0) is 14.5. The average Bonchev–Trinajstić information content (AvgIpc) is 2.40. The Morgan fingerprint density at radius 1 is 1.00 bits per heavy atom. The molecule has 2 rings (SSSR count). The minimum Gasteiger partial charge on any atom is -0.488 e. The number of hydrogen-bond acceptors (Lipinski definition) is 2. The topological polar surface area (TPSA) is 21.3 Å². The Labute approximate surface area is 144 Å². The van der Waals surface area contributed by atoms with Crippen molar-refractivity contribution in [2.24, 2.45) is 0 Å². The van der Waals surface area contributed by atoms with Crippen LogP contribution in [0.25, 0.3) is 0 Å². The Balaban J connectivity index is 2.07. The molecule has 2 aromatic rings. The van der Waals surface area contributed by atoms with Gasteiger partial charge in [-0.2, -0.15) is 0 Å². The van der Waals surface area contributed by atoms with Gasteiger partial charge in [0.05, 0.1) is 4.47 Å². The highest BCUT2D eigenvalue weighted by Gasteiger charge is 2.05. The lowest BCUT2D eigenvalue weighted by Gasteiger charge is -2.11. The monoisotopic (exact) mass is 461 g/mol. The van der Waals surface area contributed by atoms with Gasteiger partial charge in [0.25, 0.3) is 0 Å². The zero-order valence-electron chi connectivity index (χ0n) is 10.9. The normalized spacial score (nSPS) is 10.6. The number of rotatable bonds is 5. The van der Waals surface area contributed by atoms with Crippen LogP contribution in [0.3, 0.4) is 0 Å².